The van der Waals surface area contributed by atoms with Gasteiger partial charge in [-0.25, -0.2) is 0 Å². The van der Waals surface area contributed by atoms with Crippen molar-refractivity contribution >= 4 is 0 Å². The maximum Gasteiger partial charge on any atom is 0.0349 e. The lowest BCUT2D eigenvalue weighted by molar-refractivity contribution is 0.750. The van der Waals surface area contributed by atoms with Gasteiger partial charge < -0.3 is 0 Å². The molecule has 25 heavy (non-hydrogen) atoms. The van der Waals surface area contributed by atoms with Gasteiger partial charge in [-0.15, -0.1) is 0 Å². The lowest BCUT2D eigenvalue weighted by atomic mass is 9.60. The maximum absolute atomic E-state index is 2.57. The summed E-state index contributed by atoms with van der Waals surface area (Å²) >= 11 is 0. The van der Waals surface area contributed by atoms with Crippen LogP contribution in [0.2, 0.25) is 0 Å². The van der Waals surface area contributed by atoms with Crippen LogP contribution in [0.5, 0.6) is 0 Å². The molecule has 0 saturated carbocycles. The van der Waals surface area contributed by atoms with E-state index in [1.807, 2.05) is 0 Å². The van der Waals surface area contributed by atoms with E-state index in [1.165, 1.54) is 28.7 Å². The number of hydrogen-bond acceptors (Lipinski definition) is 0. The Balaban J connectivity index is 1.58. The molecule has 4 bridgehead atoms. The molecule has 0 radical (unpaired) electrons. The molecule has 0 fully saturated rings. The zero-order chi connectivity index (χ0) is 16.1. The molecule has 0 heterocycles. The second-order valence-corrected chi connectivity index (χ2v) is 8.07. The van der Waals surface area contributed by atoms with Gasteiger partial charge >= 0.3 is 0 Å². The van der Waals surface area contributed by atoms with Crippen molar-refractivity contribution in [3.05, 3.63) is 117 Å². The molecule has 0 aromatic heterocycles. The lowest BCUT2D eigenvalue weighted by Crippen LogP contribution is -2.27. The molecule has 3 aromatic rings. The average molecular weight is 318 g/mol. The maximum atomic E-state index is 2.57. The van der Waals surface area contributed by atoms with Crippen LogP contribution in [0.4, 0.5) is 0 Å². The Kier molecular flexibility index (Phi) is 2.10. The fraction of sp³-hybridized carbons (Fsp3) is 0.200. The van der Waals surface area contributed by atoms with E-state index in [-0.39, 0.29) is 0 Å². The van der Waals surface area contributed by atoms with E-state index in [9.17, 15) is 0 Å². The molecule has 8 rings (SSSR count). The SMILES string of the molecule is C1=CC2CC1c1cc3c(cc12)C1c2ccccc2C3c2ccccc21. The Morgan fingerprint density at radius 2 is 0.880 bits per heavy atom. The van der Waals surface area contributed by atoms with Crippen LogP contribution in [-0.4, -0.2) is 0 Å². The molecule has 5 aliphatic rings. The van der Waals surface area contributed by atoms with E-state index in [0.717, 1.165) is 0 Å². The van der Waals surface area contributed by atoms with Gasteiger partial charge in [-0.3, -0.25) is 0 Å². The first-order valence-corrected chi connectivity index (χ1v) is 9.44. The molecule has 2 unspecified atom stereocenters. The fourth-order valence-electron chi connectivity index (χ4n) is 6.05. The summed E-state index contributed by atoms with van der Waals surface area (Å²) in [4.78, 5) is 0. The van der Waals surface area contributed by atoms with Crippen molar-refractivity contribution in [3.8, 4) is 0 Å². The van der Waals surface area contributed by atoms with Crippen molar-refractivity contribution in [2.24, 2.45) is 0 Å². The van der Waals surface area contributed by atoms with Crippen molar-refractivity contribution in [1.29, 1.82) is 0 Å². The van der Waals surface area contributed by atoms with Crippen LogP contribution in [0.1, 0.15) is 74.6 Å². The molecule has 0 aliphatic heterocycles. The molecular weight excluding hydrogens is 300 g/mol. The standard InChI is InChI=1S/C25H18/c1-2-6-17-16(5-1)24-18-7-3-4-8-19(18)25(17)23-13-21-15-10-9-14(11-15)20(21)12-22(23)24/h1-10,12-15,24-25H,11H2. The van der Waals surface area contributed by atoms with Crippen LogP contribution in [0, 0.1) is 0 Å². The van der Waals surface area contributed by atoms with Crippen LogP contribution in [0.15, 0.2) is 72.8 Å². The first kappa shape index (κ1) is 12.7. The van der Waals surface area contributed by atoms with Gasteiger partial charge in [0.05, 0.1) is 0 Å². The molecule has 3 aromatic carbocycles. The van der Waals surface area contributed by atoms with Gasteiger partial charge in [0, 0.05) is 23.7 Å². The minimum atomic E-state index is 0.417. The molecule has 0 N–H and O–H groups in total. The highest BCUT2D eigenvalue weighted by Crippen LogP contribution is 2.58. The summed E-state index contributed by atoms with van der Waals surface area (Å²) < 4.78 is 0. The molecule has 0 spiro atoms. The van der Waals surface area contributed by atoms with Gasteiger partial charge in [0.25, 0.3) is 0 Å². The Hall–Kier alpha value is -2.60. The summed E-state index contributed by atoms with van der Waals surface area (Å²) in [6.45, 7) is 0. The first-order chi connectivity index (χ1) is 12.4. The van der Waals surface area contributed by atoms with Crippen LogP contribution in [0.3, 0.4) is 0 Å². The summed E-state index contributed by atoms with van der Waals surface area (Å²) in [5.41, 5.74) is 12.5. The number of rotatable bonds is 0. The van der Waals surface area contributed by atoms with Gasteiger partial charge in [-0.05, 0) is 50.9 Å². The highest BCUT2D eigenvalue weighted by molar-refractivity contribution is 5.70. The van der Waals surface area contributed by atoms with E-state index in [1.54, 1.807) is 22.3 Å². The summed E-state index contributed by atoms with van der Waals surface area (Å²) in [5.74, 6) is 2.16. The van der Waals surface area contributed by atoms with Crippen molar-refractivity contribution < 1.29 is 0 Å². The zero-order valence-electron chi connectivity index (χ0n) is 13.9. The Bertz CT molecular complexity index is 968. The normalized spacial score (nSPS) is 28.5. The van der Waals surface area contributed by atoms with Gasteiger partial charge in [0.1, 0.15) is 0 Å². The van der Waals surface area contributed by atoms with E-state index in [4.69, 9.17) is 0 Å². The van der Waals surface area contributed by atoms with Gasteiger partial charge in [-0.1, -0.05) is 72.8 Å². The zero-order valence-corrected chi connectivity index (χ0v) is 13.9. The third-order valence-corrected chi connectivity index (χ3v) is 7.03. The quantitative estimate of drug-likeness (QED) is 0.316. The van der Waals surface area contributed by atoms with Crippen LogP contribution >= 0.6 is 0 Å². The van der Waals surface area contributed by atoms with Gasteiger partial charge in [-0.2, -0.15) is 0 Å². The minimum absolute atomic E-state index is 0.417. The van der Waals surface area contributed by atoms with Gasteiger partial charge in [0.15, 0.2) is 0 Å². The van der Waals surface area contributed by atoms with Crippen LogP contribution in [-0.2, 0) is 0 Å². The van der Waals surface area contributed by atoms with Crippen molar-refractivity contribution in [3.63, 3.8) is 0 Å². The molecule has 0 saturated heterocycles. The second kappa shape index (κ2) is 4.14. The van der Waals surface area contributed by atoms with E-state index in [2.05, 4.69) is 72.8 Å². The number of allylic oxidation sites excluding steroid dienone is 2. The highest BCUT2D eigenvalue weighted by Gasteiger charge is 2.43. The third kappa shape index (κ3) is 1.38. The second-order valence-electron chi connectivity index (χ2n) is 8.07. The molecular formula is C25H18. The van der Waals surface area contributed by atoms with E-state index >= 15 is 0 Å². The Morgan fingerprint density at radius 1 is 0.480 bits per heavy atom. The Morgan fingerprint density at radius 3 is 1.28 bits per heavy atom. The molecule has 0 amide bonds. The van der Waals surface area contributed by atoms with Crippen molar-refractivity contribution in [1.82, 2.24) is 0 Å². The van der Waals surface area contributed by atoms with Gasteiger partial charge in [0.2, 0.25) is 0 Å². The highest BCUT2D eigenvalue weighted by atomic mass is 14.5. The monoisotopic (exact) mass is 318 g/mol. The van der Waals surface area contributed by atoms with Crippen molar-refractivity contribution in [2.75, 3.05) is 0 Å². The lowest BCUT2D eigenvalue weighted by Gasteiger charge is -2.42. The van der Waals surface area contributed by atoms with E-state index in [0.29, 0.717) is 23.7 Å². The van der Waals surface area contributed by atoms with Crippen molar-refractivity contribution in [2.45, 2.75) is 30.1 Å². The molecule has 5 aliphatic carbocycles. The summed E-state index contributed by atoms with van der Waals surface area (Å²) in [6, 6.07) is 23.4. The molecule has 118 valence electrons. The number of benzene rings is 3. The largest absolute Gasteiger partial charge is 0.0804 e. The predicted molar refractivity (Wildman–Crippen MR) is 100 cm³/mol. The average Bonchev–Trinajstić information content (AvgIpc) is 3.28. The van der Waals surface area contributed by atoms with Crippen LogP contribution in [0.25, 0.3) is 0 Å². The third-order valence-electron chi connectivity index (χ3n) is 7.03. The molecule has 2 atom stereocenters. The van der Waals surface area contributed by atoms with Crippen LogP contribution < -0.4 is 0 Å². The Labute approximate surface area is 147 Å². The molecule has 0 heteroatoms. The summed E-state index contributed by atoms with van der Waals surface area (Å²) in [6.07, 6.45) is 6.16. The minimum Gasteiger partial charge on any atom is -0.0804 e. The fourth-order valence-corrected chi connectivity index (χ4v) is 6.05. The summed E-state index contributed by atoms with van der Waals surface area (Å²) in [5, 5.41) is 0. The predicted octanol–water partition coefficient (Wildman–Crippen LogP) is 5.81. The smallest absolute Gasteiger partial charge is 0.0349 e. The number of fused-ring (bicyclic) bond motifs is 5. The molecule has 0 nitrogen and oxygen atoms in total. The number of hydrogen-bond donors (Lipinski definition) is 0. The first-order valence-electron chi connectivity index (χ1n) is 9.44. The van der Waals surface area contributed by atoms with E-state index < -0.39 is 0 Å². The topological polar surface area (TPSA) is 0 Å². The summed E-state index contributed by atoms with van der Waals surface area (Å²) in [7, 11) is 0.